The van der Waals surface area contributed by atoms with E-state index >= 15 is 0 Å². The first-order valence-corrected chi connectivity index (χ1v) is 9.38. The largest absolute Gasteiger partial charge is 0.449 e. The average molecular weight is 397 g/mol. The van der Waals surface area contributed by atoms with Gasteiger partial charge in [0.05, 0.1) is 12.1 Å². The minimum absolute atomic E-state index is 0.155. The number of hydrogen-bond donors (Lipinski definition) is 1. The molecule has 152 valence electrons. The summed E-state index contributed by atoms with van der Waals surface area (Å²) in [6, 6.07) is 14.1. The van der Waals surface area contributed by atoms with E-state index in [0.717, 1.165) is 5.52 Å². The number of para-hydroxylation sites is 2. The summed E-state index contributed by atoms with van der Waals surface area (Å²) < 4.78 is 11.7. The molecule has 0 saturated carbocycles. The molecule has 0 atom stereocenters. The molecule has 3 rings (SSSR count). The quantitative estimate of drug-likeness (QED) is 0.657. The van der Waals surface area contributed by atoms with Gasteiger partial charge in [0.25, 0.3) is 0 Å². The van der Waals surface area contributed by atoms with E-state index in [-0.39, 0.29) is 12.3 Å². The molecule has 0 bridgehead atoms. The monoisotopic (exact) mass is 397 g/mol. The molecule has 0 aliphatic rings. The molecule has 0 saturated heterocycles. The Bertz CT molecular complexity index is 1050. The minimum atomic E-state index is -0.439. The van der Waals surface area contributed by atoms with Crippen molar-refractivity contribution >= 4 is 34.5 Å². The van der Waals surface area contributed by atoms with Gasteiger partial charge in [0.15, 0.2) is 5.58 Å². The van der Waals surface area contributed by atoms with Gasteiger partial charge in [-0.05, 0) is 49.7 Å². The van der Waals surface area contributed by atoms with Crippen molar-refractivity contribution in [2.24, 2.45) is 0 Å². The zero-order valence-electron chi connectivity index (χ0n) is 16.4. The lowest BCUT2D eigenvalue weighted by molar-refractivity contribution is -0.116. The van der Waals surface area contributed by atoms with Gasteiger partial charge in [0.1, 0.15) is 0 Å². The minimum Gasteiger partial charge on any atom is -0.449 e. The molecule has 2 aromatic carbocycles. The standard InChI is InChI=1S/C21H23N3O5/c1-3-28-20(26)23(2)16-12-10-15(11-13-16)22-19(25)9-6-14-24-17-7-4-5-8-18(17)29-21(24)27/h4-5,7-8,10-13H,3,6,9,14H2,1-2H3,(H,22,25). The van der Waals surface area contributed by atoms with Gasteiger partial charge in [0, 0.05) is 31.4 Å². The predicted molar refractivity (Wildman–Crippen MR) is 110 cm³/mol. The highest BCUT2D eigenvalue weighted by Crippen LogP contribution is 2.18. The number of rotatable bonds is 7. The van der Waals surface area contributed by atoms with Gasteiger partial charge in [-0.15, -0.1) is 0 Å². The fourth-order valence-electron chi connectivity index (χ4n) is 2.94. The Kier molecular flexibility index (Phi) is 6.33. The molecule has 8 heteroatoms. The average Bonchev–Trinajstić information content (AvgIpc) is 3.03. The Morgan fingerprint density at radius 1 is 1.14 bits per heavy atom. The number of hydrogen-bond acceptors (Lipinski definition) is 5. The Morgan fingerprint density at radius 2 is 1.86 bits per heavy atom. The first-order chi connectivity index (χ1) is 14.0. The molecule has 0 spiro atoms. The number of benzene rings is 2. The zero-order chi connectivity index (χ0) is 20.8. The number of nitrogens with one attached hydrogen (secondary N) is 1. The van der Waals surface area contributed by atoms with E-state index in [1.165, 1.54) is 9.47 Å². The van der Waals surface area contributed by atoms with Crippen LogP contribution < -0.4 is 16.0 Å². The third-order valence-corrected chi connectivity index (χ3v) is 4.44. The van der Waals surface area contributed by atoms with Gasteiger partial charge < -0.3 is 14.5 Å². The number of fused-ring (bicyclic) bond motifs is 1. The molecule has 1 N–H and O–H groups in total. The number of anilines is 2. The number of nitrogens with zero attached hydrogens (tertiary/aromatic N) is 2. The summed E-state index contributed by atoms with van der Waals surface area (Å²) in [5.41, 5.74) is 2.55. The van der Waals surface area contributed by atoms with Crippen LogP contribution in [0.4, 0.5) is 16.2 Å². The van der Waals surface area contributed by atoms with Crippen molar-refractivity contribution in [2.45, 2.75) is 26.3 Å². The first kappa shape index (κ1) is 20.2. The van der Waals surface area contributed by atoms with E-state index in [0.29, 0.717) is 36.5 Å². The normalized spacial score (nSPS) is 10.7. The van der Waals surface area contributed by atoms with E-state index in [1.54, 1.807) is 50.4 Å². The van der Waals surface area contributed by atoms with Gasteiger partial charge in [-0.2, -0.15) is 0 Å². The van der Waals surface area contributed by atoms with Crippen LogP contribution in [-0.2, 0) is 16.1 Å². The van der Waals surface area contributed by atoms with Crippen LogP contribution in [0.3, 0.4) is 0 Å². The summed E-state index contributed by atoms with van der Waals surface area (Å²) in [7, 11) is 1.62. The summed E-state index contributed by atoms with van der Waals surface area (Å²) in [5, 5.41) is 2.81. The second-order valence-corrected chi connectivity index (χ2v) is 6.44. The molecular weight excluding hydrogens is 374 g/mol. The summed E-state index contributed by atoms with van der Waals surface area (Å²) in [6.07, 6.45) is 0.321. The number of aryl methyl sites for hydroxylation is 1. The Balaban J connectivity index is 1.52. The van der Waals surface area contributed by atoms with Crippen molar-refractivity contribution in [2.75, 3.05) is 23.9 Å². The van der Waals surface area contributed by atoms with Crippen molar-refractivity contribution in [3.63, 3.8) is 0 Å². The molecule has 0 aliphatic heterocycles. The van der Waals surface area contributed by atoms with Gasteiger partial charge in [-0.1, -0.05) is 12.1 Å². The van der Waals surface area contributed by atoms with Crippen molar-refractivity contribution in [1.29, 1.82) is 0 Å². The van der Waals surface area contributed by atoms with Gasteiger partial charge in [-0.3, -0.25) is 14.3 Å². The maximum Gasteiger partial charge on any atom is 0.419 e. The third kappa shape index (κ3) is 4.84. The van der Waals surface area contributed by atoms with E-state index in [4.69, 9.17) is 9.15 Å². The highest BCUT2D eigenvalue weighted by Gasteiger charge is 2.12. The van der Waals surface area contributed by atoms with Crippen LogP contribution >= 0.6 is 0 Å². The second-order valence-electron chi connectivity index (χ2n) is 6.44. The number of carbonyl (C=O) groups excluding carboxylic acids is 2. The fraction of sp³-hybridized carbons (Fsp3) is 0.286. The number of ether oxygens (including phenoxy) is 1. The SMILES string of the molecule is CCOC(=O)N(C)c1ccc(NC(=O)CCCn2c(=O)oc3ccccc32)cc1. The summed E-state index contributed by atoms with van der Waals surface area (Å²) in [5.74, 6) is -0.578. The van der Waals surface area contributed by atoms with Gasteiger partial charge in [-0.25, -0.2) is 9.59 Å². The van der Waals surface area contributed by atoms with Gasteiger partial charge >= 0.3 is 11.8 Å². The second kappa shape index (κ2) is 9.09. The molecule has 1 heterocycles. The van der Waals surface area contributed by atoms with E-state index in [2.05, 4.69) is 5.32 Å². The summed E-state index contributed by atoms with van der Waals surface area (Å²) >= 11 is 0. The molecule has 0 fully saturated rings. The van der Waals surface area contributed by atoms with Crippen LogP contribution in [0.2, 0.25) is 0 Å². The van der Waals surface area contributed by atoms with Crippen LogP contribution in [0.25, 0.3) is 11.1 Å². The van der Waals surface area contributed by atoms with Crippen molar-refractivity contribution in [1.82, 2.24) is 4.57 Å². The molecule has 0 radical (unpaired) electrons. The summed E-state index contributed by atoms with van der Waals surface area (Å²) in [6.45, 7) is 2.44. The van der Waals surface area contributed by atoms with Crippen LogP contribution in [0.5, 0.6) is 0 Å². The topological polar surface area (TPSA) is 93.8 Å². The van der Waals surface area contributed by atoms with Crippen molar-refractivity contribution in [3.05, 3.63) is 59.1 Å². The third-order valence-electron chi connectivity index (χ3n) is 4.44. The lowest BCUT2D eigenvalue weighted by atomic mass is 10.2. The molecule has 1 aromatic heterocycles. The number of aromatic nitrogens is 1. The number of amides is 2. The van der Waals surface area contributed by atoms with E-state index in [9.17, 15) is 14.4 Å². The zero-order valence-corrected chi connectivity index (χ0v) is 16.4. The first-order valence-electron chi connectivity index (χ1n) is 9.38. The van der Waals surface area contributed by atoms with Crippen LogP contribution in [-0.4, -0.2) is 30.2 Å². The molecule has 0 unspecified atom stereocenters. The fourth-order valence-corrected chi connectivity index (χ4v) is 2.94. The smallest absolute Gasteiger partial charge is 0.419 e. The Morgan fingerprint density at radius 3 is 2.59 bits per heavy atom. The molecular formula is C21H23N3O5. The highest BCUT2D eigenvalue weighted by molar-refractivity contribution is 5.91. The number of carbonyl (C=O) groups is 2. The molecule has 29 heavy (non-hydrogen) atoms. The van der Waals surface area contributed by atoms with E-state index in [1.807, 2.05) is 12.1 Å². The predicted octanol–water partition coefficient (Wildman–Crippen LogP) is 3.61. The van der Waals surface area contributed by atoms with Gasteiger partial charge in [0.2, 0.25) is 5.91 Å². The maximum absolute atomic E-state index is 12.2. The summed E-state index contributed by atoms with van der Waals surface area (Å²) in [4.78, 5) is 37.3. The molecule has 3 aromatic rings. The van der Waals surface area contributed by atoms with Crippen molar-refractivity contribution < 1.29 is 18.7 Å². The Hall–Kier alpha value is -3.55. The number of oxazole rings is 1. The van der Waals surface area contributed by atoms with E-state index < -0.39 is 11.8 Å². The Labute approximate surface area is 167 Å². The van der Waals surface area contributed by atoms with Crippen molar-refractivity contribution in [3.8, 4) is 0 Å². The lowest BCUT2D eigenvalue weighted by Crippen LogP contribution is -2.26. The lowest BCUT2D eigenvalue weighted by Gasteiger charge is -2.17. The molecule has 2 amide bonds. The maximum atomic E-state index is 12.2. The molecule has 0 aliphatic carbocycles. The highest BCUT2D eigenvalue weighted by atomic mass is 16.6. The van der Waals surface area contributed by atoms with Crippen LogP contribution in [0.15, 0.2) is 57.7 Å². The van der Waals surface area contributed by atoms with Crippen LogP contribution in [0, 0.1) is 0 Å². The molecule has 8 nitrogen and oxygen atoms in total. The van der Waals surface area contributed by atoms with Crippen LogP contribution in [0.1, 0.15) is 19.8 Å².